The molecular formula is C8H14N2. The lowest BCUT2D eigenvalue weighted by Gasteiger charge is -2.19. The van der Waals surface area contributed by atoms with Gasteiger partial charge in [0.05, 0.1) is 0 Å². The van der Waals surface area contributed by atoms with Crippen molar-refractivity contribution in [2.24, 2.45) is 5.92 Å². The fourth-order valence-corrected chi connectivity index (χ4v) is 1.07. The van der Waals surface area contributed by atoms with E-state index in [0.29, 0.717) is 5.92 Å². The van der Waals surface area contributed by atoms with Crippen LogP contribution in [0.3, 0.4) is 0 Å². The van der Waals surface area contributed by atoms with Crippen molar-refractivity contribution in [1.82, 2.24) is 10.9 Å². The van der Waals surface area contributed by atoms with Crippen molar-refractivity contribution in [3.8, 4) is 0 Å². The molecule has 1 aliphatic rings. The van der Waals surface area contributed by atoms with Crippen LogP contribution in [0.5, 0.6) is 0 Å². The first kappa shape index (κ1) is 7.19. The number of rotatable bonds is 1. The van der Waals surface area contributed by atoms with Gasteiger partial charge in [0.25, 0.3) is 0 Å². The van der Waals surface area contributed by atoms with Crippen molar-refractivity contribution in [2.75, 3.05) is 0 Å². The van der Waals surface area contributed by atoms with E-state index in [4.69, 9.17) is 0 Å². The Hall–Kier alpha value is -0.920. The molecule has 0 atom stereocenters. The highest BCUT2D eigenvalue weighted by atomic mass is 15.4. The molecule has 0 radical (unpaired) electrons. The van der Waals surface area contributed by atoms with Gasteiger partial charge in [-0.05, 0) is 24.5 Å². The molecule has 0 spiro atoms. The van der Waals surface area contributed by atoms with Gasteiger partial charge in [0.2, 0.25) is 0 Å². The maximum absolute atomic E-state index is 3.11. The van der Waals surface area contributed by atoms with E-state index in [1.165, 1.54) is 11.3 Å². The minimum Gasteiger partial charge on any atom is -0.308 e. The molecule has 0 saturated heterocycles. The highest BCUT2D eigenvalue weighted by Gasteiger charge is 2.06. The van der Waals surface area contributed by atoms with Gasteiger partial charge in [0.1, 0.15) is 0 Å². The van der Waals surface area contributed by atoms with E-state index in [2.05, 4.69) is 37.7 Å². The van der Waals surface area contributed by atoms with Gasteiger partial charge < -0.3 is 10.9 Å². The second-order valence-electron chi connectivity index (χ2n) is 2.85. The molecule has 0 amide bonds. The van der Waals surface area contributed by atoms with Crippen LogP contribution in [-0.2, 0) is 0 Å². The highest BCUT2D eigenvalue weighted by Crippen LogP contribution is 2.13. The normalized spacial score (nSPS) is 17.2. The Labute approximate surface area is 62.0 Å². The van der Waals surface area contributed by atoms with Crippen LogP contribution in [-0.4, -0.2) is 0 Å². The van der Waals surface area contributed by atoms with Gasteiger partial charge in [-0.2, -0.15) is 0 Å². The number of nitrogens with one attached hydrogen (secondary N) is 2. The summed E-state index contributed by atoms with van der Waals surface area (Å²) in [6.45, 7) is 6.46. The van der Waals surface area contributed by atoms with E-state index < -0.39 is 0 Å². The molecule has 0 aromatic rings. The third-order valence-corrected chi connectivity index (χ3v) is 1.63. The van der Waals surface area contributed by atoms with Gasteiger partial charge in [-0.15, -0.1) is 0 Å². The van der Waals surface area contributed by atoms with Gasteiger partial charge in [-0.25, -0.2) is 0 Å². The third-order valence-electron chi connectivity index (χ3n) is 1.63. The number of hydrogen-bond donors (Lipinski definition) is 2. The molecule has 56 valence electrons. The summed E-state index contributed by atoms with van der Waals surface area (Å²) in [5.41, 5.74) is 8.66. The lowest BCUT2D eigenvalue weighted by atomic mass is 10.1. The maximum atomic E-state index is 3.11. The minimum atomic E-state index is 0.567. The Morgan fingerprint density at radius 3 is 2.50 bits per heavy atom. The second kappa shape index (κ2) is 2.78. The average molecular weight is 138 g/mol. The van der Waals surface area contributed by atoms with E-state index in [1.54, 1.807) is 0 Å². The molecule has 10 heavy (non-hydrogen) atoms. The van der Waals surface area contributed by atoms with E-state index in [0.717, 1.165) is 0 Å². The van der Waals surface area contributed by atoms with Crippen LogP contribution < -0.4 is 10.9 Å². The fraction of sp³-hybridized carbons (Fsp3) is 0.500. The Kier molecular flexibility index (Phi) is 2.00. The molecule has 2 heteroatoms. The van der Waals surface area contributed by atoms with Crippen molar-refractivity contribution in [3.63, 3.8) is 0 Å². The molecule has 2 nitrogen and oxygen atoms in total. The van der Waals surface area contributed by atoms with Crippen LogP contribution in [0.15, 0.2) is 23.5 Å². The van der Waals surface area contributed by atoms with Crippen molar-refractivity contribution >= 4 is 0 Å². The Bertz CT molecular complexity index is 178. The third kappa shape index (κ3) is 1.32. The first-order valence-electron chi connectivity index (χ1n) is 3.60. The molecule has 1 aliphatic heterocycles. The van der Waals surface area contributed by atoms with Crippen molar-refractivity contribution < 1.29 is 0 Å². The topological polar surface area (TPSA) is 24.1 Å². The SMILES string of the molecule is CC1=C(C(C)C)NNC=C1. The van der Waals surface area contributed by atoms with E-state index >= 15 is 0 Å². The molecule has 1 rings (SSSR count). The van der Waals surface area contributed by atoms with E-state index in [-0.39, 0.29) is 0 Å². The molecule has 1 heterocycles. The Balaban J connectivity index is 2.79. The highest BCUT2D eigenvalue weighted by molar-refractivity contribution is 5.25. The molecule has 0 fully saturated rings. The molecule has 0 bridgehead atoms. The predicted molar refractivity (Wildman–Crippen MR) is 42.9 cm³/mol. The number of allylic oxidation sites excluding steroid dienone is 3. The molecule has 0 aliphatic carbocycles. The summed E-state index contributed by atoms with van der Waals surface area (Å²) in [5.74, 6) is 0.567. The Morgan fingerprint density at radius 1 is 1.40 bits per heavy atom. The van der Waals surface area contributed by atoms with Crippen LogP contribution in [0.25, 0.3) is 0 Å². The van der Waals surface area contributed by atoms with E-state index in [1.807, 2.05) is 6.20 Å². The summed E-state index contributed by atoms with van der Waals surface area (Å²) in [4.78, 5) is 0. The maximum Gasteiger partial charge on any atom is 0.0368 e. The zero-order valence-electron chi connectivity index (χ0n) is 6.73. The van der Waals surface area contributed by atoms with Crippen LogP contribution in [0.4, 0.5) is 0 Å². The minimum absolute atomic E-state index is 0.567. The summed E-state index contributed by atoms with van der Waals surface area (Å²) in [6, 6.07) is 0. The van der Waals surface area contributed by atoms with Crippen LogP contribution in [0, 0.1) is 5.92 Å². The van der Waals surface area contributed by atoms with Gasteiger partial charge in [-0.3, -0.25) is 0 Å². The monoisotopic (exact) mass is 138 g/mol. The second-order valence-corrected chi connectivity index (χ2v) is 2.85. The standard InChI is InChI=1S/C8H14N2/c1-6(2)8-7(3)4-5-9-10-8/h4-6,9-10H,1-3H3. The summed E-state index contributed by atoms with van der Waals surface area (Å²) in [7, 11) is 0. The van der Waals surface area contributed by atoms with Gasteiger partial charge in [0.15, 0.2) is 0 Å². The fourth-order valence-electron chi connectivity index (χ4n) is 1.07. The first-order valence-corrected chi connectivity index (χ1v) is 3.60. The van der Waals surface area contributed by atoms with Crippen LogP contribution in [0.1, 0.15) is 20.8 Å². The van der Waals surface area contributed by atoms with Crippen molar-refractivity contribution in [3.05, 3.63) is 23.5 Å². The average Bonchev–Trinajstić information content (AvgIpc) is 1.88. The molecular weight excluding hydrogens is 124 g/mol. The van der Waals surface area contributed by atoms with Gasteiger partial charge >= 0.3 is 0 Å². The van der Waals surface area contributed by atoms with Crippen LogP contribution >= 0.6 is 0 Å². The Morgan fingerprint density at radius 2 is 2.10 bits per heavy atom. The summed E-state index contributed by atoms with van der Waals surface area (Å²) in [6.07, 6.45) is 3.98. The first-order chi connectivity index (χ1) is 4.72. The zero-order chi connectivity index (χ0) is 7.56. The molecule has 0 unspecified atom stereocenters. The van der Waals surface area contributed by atoms with Gasteiger partial charge in [-0.1, -0.05) is 13.8 Å². The van der Waals surface area contributed by atoms with Crippen LogP contribution in [0.2, 0.25) is 0 Å². The molecule has 2 N–H and O–H groups in total. The smallest absolute Gasteiger partial charge is 0.0368 e. The van der Waals surface area contributed by atoms with E-state index in [9.17, 15) is 0 Å². The zero-order valence-corrected chi connectivity index (χ0v) is 6.73. The summed E-state index contributed by atoms with van der Waals surface area (Å²) < 4.78 is 0. The summed E-state index contributed by atoms with van der Waals surface area (Å²) >= 11 is 0. The predicted octanol–water partition coefficient (Wildman–Crippen LogP) is 1.54. The number of hydrazine groups is 1. The number of hydrogen-bond acceptors (Lipinski definition) is 2. The van der Waals surface area contributed by atoms with Gasteiger partial charge in [0, 0.05) is 11.9 Å². The lowest BCUT2D eigenvalue weighted by molar-refractivity contribution is 0.597. The quantitative estimate of drug-likeness (QED) is 0.574. The molecule has 0 aromatic carbocycles. The largest absolute Gasteiger partial charge is 0.308 e. The molecule has 0 saturated carbocycles. The van der Waals surface area contributed by atoms with Crippen molar-refractivity contribution in [1.29, 1.82) is 0 Å². The van der Waals surface area contributed by atoms with Crippen molar-refractivity contribution in [2.45, 2.75) is 20.8 Å². The molecule has 0 aromatic heterocycles. The lowest BCUT2D eigenvalue weighted by Crippen LogP contribution is -2.31. The summed E-state index contributed by atoms with van der Waals surface area (Å²) in [5, 5.41) is 0.